The van der Waals surface area contributed by atoms with Crippen LogP contribution in [0.1, 0.15) is 32.8 Å². The van der Waals surface area contributed by atoms with Gasteiger partial charge < -0.3 is 20.3 Å². The number of fused-ring (bicyclic) bond motifs is 2. The first-order valence-corrected chi connectivity index (χ1v) is 17.8. The van der Waals surface area contributed by atoms with Gasteiger partial charge in [0, 0.05) is 38.5 Å². The first kappa shape index (κ1) is 29.4. The number of aromatic nitrogens is 2. The number of nitrogens with zero attached hydrogens (tertiary/aromatic N) is 5. The van der Waals surface area contributed by atoms with Gasteiger partial charge in [0.05, 0.1) is 11.4 Å². The third-order valence-corrected chi connectivity index (χ3v) is 12.8. The molecule has 218 valence electrons. The SMILES string of the molecule is Cc1c(C2=C3C=CC(=[N+](C)C)C=C3[Si](C)(C)c3cc(N(C)C)ccc32)csc1C(=O)NCCCn1ccnc1[N+](=O)[O-]. The molecule has 5 rings (SSSR count). The number of nitro groups is 1. The number of hydrogen-bond acceptors (Lipinski definition) is 6. The molecule has 0 bridgehead atoms. The van der Waals surface area contributed by atoms with Crippen molar-refractivity contribution in [1.29, 1.82) is 0 Å². The molecule has 2 aromatic heterocycles. The number of nitrogens with one attached hydrogen (secondary N) is 1. The number of rotatable bonds is 8. The maximum absolute atomic E-state index is 13.3. The first-order valence-electron chi connectivity index (χ1n) is 14.0. The largest absolute Gasteiger partial charge is 0.434 e. The second-order valence-corrected chi connectivity index (χ2v) is 16.8. The molecule has 1 N–H and O–H groups in total. The maximum Gasteiger partial charge on any atom is 0.434 e. The van der Waals surface area contributed by atoms with Gasteiger partial charge in [0.15, 0.2) is 5.71 Å². The van der Waals surface area contributed by atoms with Gasteiger partial charge in [-0.15, -0.1) is 11.3 Å². The minimum Gasteiger partial charge on any atom is -0.390 e. The summed E-state index contributed by atoms with van der Waals surface area (Å²) in [5.41, 5.74) is 8.09. The summed E-state index contributed by atoms with van der Waals surface area (Å²) in [6.45, 7) is 7.70. The van der Waals surface area contributed by atoms with Crippen LogP contribution in [0.5, 0.6) is 0 Å². The highest BCUT2D eigenvalue weighted by Gasteiger charge is 2.41. The lowest BCUT2D eigenvalue weighted by atomic mass is 9.89. The molecule has 2 aliphatic rings. The zero-order chi connectivity index (χ0) is 30.3. The van der Waals surface area contributed by atoms with Gasteiger partial charge in [-0.05, 0) is 80.1 Å². The number of benzene rings is 1. The van der Waals surface area contributed by atoms with Crippen molar-refractivity contribution in [2.24, 2.45) is 0 Å². The Kier molecular flexibility index (Phi) is 7.91. The fourth-order valence-corrected chi connectivity index (χ4v) is 9.81. The highest BCUT2D eigenvalue weighted by atomic mass is 32.1. The summed E-state index contributed by atoms with van der Waals surface area (Å²) >= 11 is 1.46. The number of amides is 1. The standard InChI is InChI=1S/C31H36N6O3SSi/c1-20-25(19-41-29(20)30(38)32-13-8-15-36-16-14-33-31(36)37(39)40)28-23-11-9-21(34(2)3)17-26(23)42(6,7)27-18-22(35(4)5)10-12-24(27)28/h9-12,14,16-19H,8,13,15H2,1-7H3/p+1. The quantitative estimate of drug-likeness (QED) is 0.135. The molecule has 0 radical (unpaired) electrons. The van der Waals surface area contributed by atoms with Crippen molar-refractivity contribution in [3.05, 3.63) is 96.7 Å². The van der Waals surface area contributed by atoms with E-state index in [4.69, 9.17) is 0 Å². The molecule has 1 aliphatic heterocycles. The van der Waals surface area contributed by atoms with Gasteiger partial charge in [-0.1, -0.05) is 24.1 Å². The average Bonchev–Trinajstić information content (AvgIpc) is 3.57. The summed E-state index contributed by atoms with van der Waals surface area (Å²) in [7, 11) is 6.26. The molecule has 0 fully saturated rings. The lowest BCUT2D eigenvalue weighted by Crippen LogP contribution is -2.49. The van der Waals surface area contributed by atoms with Crippen molar-refractivity contribution < 1.29 is 14.3 Å². The Hall–Kier alpha value is -4.09. The average molecular weight is 602 g/mol. The Morgan fingerprint density at radius 3 is 2.64 bits per heavy atom. The van der Waals surface area contributed by atoms with Crippen LogP contribution in [0.3, 0.4) is 0 Å². The number of hydrogen-bond donors (Lipinski definition) is 1. The second kappa shape index (κ2) is 11.3. The van der Waals surface area contributed by atoms with E-state index in [0.717, 1.165) is 11.1 Å². The minimum absolute atomic E-state index is 0.124. The normalized spacial score (nSPS) is 15.2. The summed E-state index contributed by atoms with van der Waals surface area (Å²) in [4.78, 5) is 30.5. The van der Waals surface area contributed by atoms with E-state index >= 15 is 0 Å². The van der Waals surface area contributed by atoms with Gasteiger partial charge in [-0.25, -0.2) is 9.14 Å². The lowest BCUT2D eigenvalue weighted by molar-refractivity contribution is -0.462. The molecule has 11 heteroatoms. The number of carbonyl (C=O) groups excluding carboxylic acids is 1. The summed E-state index contributed by atoms with van der Waals surface area (Å²) in [6.07, 6.45) is 10.3. The Balaban J connectivity index is 1.49. The van der Waals surface area contributed by atoms with Crippen LogP contribution in [0.4, 0.5) is 11.6 Å². The van der Waals surface area contributed by atoms with Gasteiger partial charge in [-0.2, -0.15) is 0 Å². The lowest BCUT2D eigenvalue weighted by Gasteiger charge is -2.38. The van der Waals surface area contributed by atoms with Crippen molar-refractivity contribution in [2.45, 2.75) is 33.0 Å². The van der Waals surface area contributed by atoms with Crippen LogP contribution >= 0.6 is 11.3 Å². The smallest absolute Gasteiger partial charge is 0.390 e. The van der Waals surface area contributed by atoms with Crippen molar-refractivity contribution in [2.75, 3.05) is 39.6 Å². The van der Waals surface area contributed by atoms with E-state index in [-0.39, 0.29) is 11.9 Å². The molecule has 0 atom stereocenters. The number of anilines is 1. The minimum atomic E-state index is -2.05. The first-order chi connectivity index (χ1) is 19.9. The number of carbonyl (C=O) groups is 1. The molecular formula is C31H37N6O3SSi+. The topological polar surface area (TPSA) is 96.3 Å². The predicted octanol–water partition coefficient (Wildman–Crippen LogP) is 4.53. The van der Waals surface area contributed by atoms with Crippen LogP contribution in [0.2, 0.25) is 13.1 Å². The highest BCUT2D eigenvalue weighted by Crippen LogP contribution is 2.44. The van der Waals surface area contributed by atoms with Gasteiger partial charge in [-0.3, -0.25) is 4.79 Å². The molecule has 1 amide bonds. The summed E-state index contributed by atoms with van der Waals surface area (Å²) < 4.78 is 3.64. The van der Waals surface area contributed by atoms with Crippen LogP contribution < -0.4 is 15.4 Å². The van der Waals surface area contributed by atoms with Gasteiger partial charge in [0.2, 0.25) is 0 Å². The Bertz CT molecular complexity index is 1720. The predicted molar refractivity (Wildman–Crippen MR) is 173 cm³/mol. The maximum atomic E-state index is 13.3. The van der Waals surface area contributed by atoms with E-state index in [0.29, 0.717) is 24.4 Å². The van der Waals surface area contributed by atoms with Crippen LogP contribution in [-0.2, 0) is 6.54 Å². The van der Waals surface area contributed by atoms with Crippen LogP contribution in [0.15, 0.2) is 65.0 Å². The zero-order valence-electron chi connectivity index (χ0n) is 25.2. The highest BCUT2D eigenvalue weighted by molar-refractivity contribution is 7.12. The molecule has 0 unspecified atom stereocenters. The van der Waals surface area contributed by atoms with E-state index in [1.807, 2.05) is 6.92 Å². The molecule has 3 heterocycles. The van der Waals surface area contributed by atoms with E-state index in [1.54, 1.807) is 6.20 Å². The molecule has 42 heavy (non-hydrogen) atoms. The molecule has 3 aromatic rings. The molecule has 0 spiro atoms. The molecular weight excluding hydrogens is 565 g/mol. The molecule has 9 nitrogen and oxygen atoms in total. The monoisotopic (exact) mass is 601 g/mol. The van der Waals surface area contributed by atoms with Crippen molar-refractivity contribution in [3.8, 4) is 0 Å². The summed E-state index contributed by atoms with van der Waals surface area (Å²) in [5, 5.41) is 19.0. The van der Waals surface area contributed by atoms with Crippen molar-refractivity contribution >= 4 is 53.4 Å². The summed E-state index contributed by atoms with van der Waals surface area (Å²) in [5.74, 6) is -0.312. The molecule has 1 aromatic carbocycles. The third kappa shape index (κ3) is 5.18. The van der Waals surface area contributed by atoms with Crippen LogP contribution in [0, 0.1) is 17.0 Å². The number of aryl methyl sites for hydroxylation is 1. The Labute approximate surface area is 251 Å². The fraction of sp³-hybridized carbons (Fsp3) is 0.323. The number of thiophene rings is 1. The van der Waals surface area contributed by atoms with Gasteiger partial charge >= 0.3 is 5.95 Å². The van der Waals surface area contributed by atoms with Crippen LogP contribution in [0.25, 0.3) is 5.57 Å². The fourth-order valence-electron chi connectivity index (χ4n) is 5.74. The Morgan fingerprint density at radius 2 is 1.95 bits per heavy atom. The number of imidazole rings is 1. The molecule has 1 aliphatic carbocycles. The van der Waals surface area contributed by atoms with Crippen molar-refractivity contribution in [1.82, 2.24) is 14.9 Å². The second-order valence-electron chi connectivity index (χ2n) is 11.6. The third-order valence-electron chi connectivity index (χ3n) is 8.16. The van der Waals surface area contributed by atoms with E-state index in [2.05, 4.69) is 103 Å². The van der Waals surface area contributed by atoms with Crippen LogP contribution in [-0.4, -0.2) is 73.5 Å². The van der Waals surface area contributed by atoms with E-state index < -0.39 is 13.0 Å². The zero-order valence-corrected chi connectivity index (χ0v) is 27.0. The van der Waals surface area contributed by atoms with Gasteiger partial charge in [0.25, 0.3) is 5.91 Å². The van der Waals surface area contributed by atoms with E-state index in [9.17, 15) is 14.9 Å². The Morgan fingerprint density at radius 1 is 1.19 bits per heavy atom. The van der Waals surface area contributed by atoms with Gasteiger partial charge in [0.1, 0.15) is 34.6 Å². The van der Waals surface area contributed by atoms with E-state index in [1.165, 1.54) is 60.6 Å². The number of allylic oxidation sites excluding steroid dienone is 5. The molecule has 0 saturated heterocycles. The van der Waals surface area contributed by atoms with Crippen molar-refractivity contribution in [3.63, 3.8) is 0 Å². The summed E-state index contributed by atoms with van der Waals surface area (Å²) in [6, 6.07) is 6.79. The molecule has 0 saturated carbocycles.